The van der Waals surface area contributed by atoms with Gasteiger partial charge in [0.1, 0.15) is 11.5 Å². The maximum atomic E-state index is 7.13. The molecule has 5 heteroatoms. The molecule has 0 saturated carbocycles. The third-order valence-corrected chi connectivity index (χ3v) is 12.2. The molecule has 8 aromatic rings. The van der Waals surface area contributed by atoms with Gasteiger partial charge in [0.15, 0.2) is 17.5 Å². The molecule has 2 unspecified atom stereocenters. The van der Waals surface area contributed by atoms with E-state index in [0.717, 1.165) is 61.4 Å². The van der Waals surface area contributed by atoms with Crippen molar-refractivity contribution in [3.8, 4) is 56.5 Å². The SMILES string of the molecule is C1=CC2C=CC=C(c3nc(-c4ccccc4)nc(-c4ccc5c(c4)Oc4cc(-c6cccc7cccnc67)ccc4C54c5ccccc5-c5ccccc54)n3)C2C=C1. The van der Waals surface area contributed by atoms with Gasteiger partial charge in [0.2, 0.25) is 0 Å². The average Bonchev–Trinajstić information content (AvgIpc) is 3.59. The predicted molar refractivity (Wildman–Crippen MR) is 231 cm³/mol. The van der Waals surface area contributed by atoms with Gasteiger partial charge in [0.25, 0.3) is 0 Å². The van der Waals surface area contributed by atoms with E-state index in [1.165, 1.54) is 22.3 Å². The van der Waals surface area contributed by atoms with Crippen LogP contribution in [-0.4, -0.2) is 19.9 Å². The highest BCUT2D eigenvalue weighted by atomic mass is 16.5. The number of rotatable bonds is 4. The lowest BCUT2D eigenvalue weighted by Crippen LogP contribution is -2.32. The second-order valence-corrected chi connectivity index (χ2v) is 15.3. The van der Waals surface area contributed by atoms with Crippen molar-refractivity contribution in [2.45, 2.75) is 5.41 Å². The molecule has 0 radical (unpaired) electrons. The zero-order valence-electron chi connectivity index (χ0n) is 31.3. The van der Waals surface area contributed by atoms with E-state index in [9.17, 15) is 0 Å². The Morgan fingerprint density at radius 1 is 0.466 bits per heavy atom. The van der Waals surface area contributed by atoms with E-state index in [-0.39, 0.29) is 11.8 Å². The molecule has 3 aliphatic carbocycles. The normalized spacial score (nSPS) is 17.5. The fourth-order valence-corrected chi connectivity index (χ4v) is 9.65. The van der Waals surface area contributed by atoms with Crippen molar-refractivity contribution in [1.82, 2.24) is 19.9 Å². The highest BCUT2D eigenvalue weighted by Crippen LogP contribution is 2.62. The summed E-state index contributed by atoms with van der Waals surface area (Å²) in [5.41, 5.74) is 12.5. The van der Waals surface area contributed by atoms with Crippen LogP contribution in [0.3, 0.4) is 0 Å². The molecular weight excluding hydrogens is 709 g/mol. The monoisotopic (exact) mass is 742 g/mol. The number of ether oxygens (including phenoxy) is 1. The molecule has 0 saturated heterocycles. The van der Waals surface area contributed by atoms with Gasteiger partial charge >= 0.3 is 0 Å². The lowest BCUT2D eigenvalue weighted by Gasteiger charge is -2.39. The van der Waals surface area contributed by atoms with Crippen LogP contribution in [0.25, 0.3) is 61.5 Å². The molecule has 2 aromatic heterocycles. The van der Waals surface area contributed by atoms with E-state index >= 15 is 0 Å². The van der Waals surface area contributed by atoms with Crippen molar-refractivity contribution in [3.05, 3.63) is 222 Å². The fraction of sp³-hybridized carbons (Fsp3) is 0.0566. The second kappa shape index (κ2) is 12.8. The van der Waals surface area contributed by atoms with Crippen molar-refractivity contribution in [1.29, 1.82) is 0 Å². The topological polar surface area (TPSA) is 60.8 Å². The molecule has 3 heterocycles. The van der Waals surface area contributed by atoms with Crippen LogP contribution >= 0.6 is 0 Å². The van der Waals surface area contributed by atoms with Crippen LogP contribution in [0.15, 0.2) is 194 Å². The number of hydrogen-bond donors (Lipinski definition) is 0. The minimum atomic E-state index is -0.612. The molecule has 0 fully saturated rings. The van der Waals surface area contributed by atoms with Crippen LogP contribution < -0.4 is 4.74 Å². The lowest BCUT2D eigenvalue weighted by molar-refractivity contribution is 0.437. The molecule has 6 aromatic carbocycles. The molecule has 0 N–H and O–H groups in total. The zero-order valence-corrected chi connectivity index (χ0v) is 31.3. The Labute approximate surface area is 336 Å². The maximum Gasteiger partial charge on any atom is 0.164 e. The molecule has 4 aliphatic rings. The maximum absolute atomic E-state index is 7.13. The summed E-state index contributed by atoms with van der Waals surface area (Å²) in [7, 11) is 0. The Morgan fingerprint density at radius 2 is 1.09 bits per heavy atom. The van der Waals surface area contributed by atoms with Crippen LogP contribution in [0.5, 0.6) is 11.5 Å². The van der Waals surface area contributed by atoms with Gasteiger partial charge in [-0.15, -0.1) is 0 Å². The van der Waals surface area contributed by atoms with Gasteiger partial charge in [-0.2, -0.15) is 0 Å². The Kier molecular flexibility index (Phi) is 7.20. The largest absolute Gasteiger partial charge is 0.457 e. The first kappa shape index (κ1) is 32.7. The highest BCUT2D eigenvalue weighted by Gasteiger charge is 2.51. The average molecular weight is 743 g/mol. The van der Waals surface area contributed by atoms with Crippen LogP contribution in [0, 0.1) is 11.8 Å². The van der Waals surface area contributed by atoms with Crippen molar-refractivity contribution >= 4 is 16.5 Å². The van der Waals surface area contributed by atoms with E-state index in [1.54, 1.807) is 0 Å². The van der Waals surface area contributed by atoms with Gasteiger partial charge in [-0.3, -0.25) is 4.98 Å². The Morgan fingerprint density at radius 3 is 1.88 bits per heavy atom. The van der Waals surface area contributed by atoms with E-state index in [1.807, 2.05) is 30.5 Å². The number of allylic oxidation sites excluding steroid dienone is 8. The van der Waals surface area contributed by atoms with Crippen LogP contribution in [0.1, 0.15) is 28.1 Å². The molecule has 58 heavy (non-hydrogen) atoms. The van der Waals surface area contributed by atoms with Crippen LogP contribution in [0.4, 0.5) is 0 Å². The third kappa shape index (κ3) is 4.83. The number of aromatic nitrogens is 4. The summed E-state index contributed by atoms with van der Waals surface area (Å²) in [6, 6.07) is 51.4. The molecular formula is C53H34N4O. The van der Waals surface area contributed by atoms with E-state index < -0.39 is 5.41 Å². The summed E-state index contributed by atoms with van der Waals surface area (Å²) < 4.78 is 7.13. The highest BCUT2D eigenvalue weighted by molar-refractivity contribution is 5.95. The molecule has 2 atom stereocenters. The van der Waals surface area contributed by atoms with Gasteiger partial charge in [0.05, 0.1) is 10.9 Å². The summed E-state index contributed by atoms with van der Waals surface area (Å²) in [6.07, 6.45) is 17.1. The molecule has 12 rings (SSSR count). The summed E-state index contributed by atoms with van der Waals surface area (Å²) in [5, 5.41) is 1.10. The standard InChI is InChI=1S/C53H34N4O/c1-2-14-35(15-3-1)50-55-51(57-52(56-50)42-23-10-16-33-13-4-5-19-38(33)42)37-27-29-46-48(32-37)58-47-31-36(39-22-11-17-34-18-12-30-54-49(34)39)26-28-45(47)53(46)43-24-8-6-20-40(43)41-21-7-9-25-44(41)53/h1-33,38H. The number of hydrogen-bond acceptors (Lipinski definition) is 5. The number of para-hydroxylation sites is 1. The molecule has 1 spiro atoms. The third-order valence-electron chi connectivity index (χ3n) is 12.2. The Balaban J connectivity index is 1.08. The molecule has 1 aliphatic heterocycles. The number of fused-ring (bicyclic) bond motifs is 11. The fourth-order valence-electron chi connectivity index (χ4n) is 9.65. The molecule has 272 valence electrons. The quantitative estimate of drug-likeness (QED) is 0.180. The van der Waals surface area contributed by atoms with Crippen molar-refractivity contribution in [2.24, 2.45) is 11.8 Å². The number of pyridine rings is 1. The first-order chi connectivity index (χ1) is 28.7. The van der Waals surface area contributed by atoms with Gasteiger partial charge in [-0.05, 0) is 46.0 Å². The number of benzene rings is 6. The second-order valence-electron chi connectivity index (χ2n) is 15.3. The molecule has 0 amide bonds. The number of nitrogens with zero attached hydrogens (tertiary/aromatic N) is 4. The Hall–Kier alpha value is -7.50. The minimum absolute atomic E-state index is 0.144. The summed E-state index contributed by atoms with van der Waals surface area (Å²) >= 11 is 0. The Bertz CT molecular complexity index is 3070. The van der Waals surface area contributed by atoms with E-state index in [0.29, 0.717) is 17.5 Å². The van der Waals surface area contributed by atoms with Crippen molar-refractivity contribution < 1.29 is 4.74 Å². The predicted octanol–water partition coefficient (Wildman–Crippen LogP) is 12.2. The van der Waals surface area contributed by atoms with Crippen molar-refractivity contribution in [2.75, 3.05) is 0 Å². The molecule has 5 nitrogen and oxygen atoms in total. The van der Waals surface area contributed by atoms with Crippen molar-refractivity contribution in [3.63, 3.8) is 0 Å². The minimum Gasteiger partial charge on any atom is -0.457 e. The summed E-state index contributed by atoms with van der Waals surface area (Å²) in [6.45, 7) is 0. The van der Waals surface area contributed by atoms with Crippen LogP contribution in [0.2, 0.25) is 0 Å². The zero-order chi connectivity index (χ0) is 38.2. The van der Waals surface area contributed by atoms with Crippen LogP contribution in [-0.2, 0) is 5.41 Å². The summed E-state index contributed by atoms with van der Waals surface area (Å²) in [4.78, 5) is 20.3. The van der Waals surface area contributed by atoms with Gasteiger partial charge < -0.3 is 4.74 Å². The smallest absolute Gasteiger partial charge is 0.164 e. The van der Waals surface area contributed by atoms with E-state index in [2.05, 4.69) is 164 Å². The summed E-state index contributed by atoms with van der Waals surface area (Å²) in [5.74, 6) is 3.89. The first-order valence-electron chi connectivity index (χ1n) is 19.8. The van der Waals surface area contributed by atoms with Gasteiger partial charge in [0, 0.05) is 56.8 Å². The van der Waals surface area contributed by atoms with Gasteiger partial charge in [-0.25, -0.2) is 15.0 Å². The first-order valence-corrected chi connectivity index (χ1v) is 19.8. The molecule has 0 bridgehead atoms. The van der Waals surface area contributed by atoms with E-state index in [4.69, 9.17) is 24.7 Å². The lowest BCUT2D eigenvalue weighted by atomic mass is 9.66. The van der Waals surface area contributed by atoms with Gasteiger partial charge in [-0.1, -0.05) is 170 Å².